The number of hydrogen-bond acceptors (Lipinski definition) is 3. The van der Waals surface area contributed by atoms with Crippen molar-refractivity contribution in [1.29, 1.82) is 0 Å². The van der Waals surface area contributed by atoms with Crippen molar-refractivity contribution in [3.05, 3.63) is 58.1 Å². The molecule has 138 valence electrons. The van der Waals surface area contributed by atoms with E-state index >= 15 is 0 Å². The zero-order valence-corrected chi connectivity index (χ0v) is 16.1. The monoisotopic (exact) mass is 394 g/mol. The Labute approximate surface area is 162 Å². The van der Waals surface area contributed by atoms with Gasteiger partial charge in [0.2, 0.25) is 11.8 Å². The summed E-state index contributed by atoms with van der Waals surface area (Å²) in [4.78, 5) is 25.5. The third kappa shape index (κ3) is 5.13. The van der Waals surface area contributed by atoms with E-state index in [2.05, 4.69) is 5.32 Å². The van der Waals surface area contributed by atoms with E-state index in [0.717, 1.165) is 11.3 Å². The van der Waals surface area contributed by atoms with Gasteiger partial charge in [-0.2, -0.15) is 0 Å². The average Bonchev–Trinajstić information content (AvgIpc) is 2.61. The quantitative estimate of drug-likeness (QED) is 0.778. The van der Waals surface area contributed by atoms with E-state index in [0.29, 0.717) is 28.7 Å². The molecule has 0 aliphatic heterocycles. The first-order chi connectivity index (χ1) is 12.4. The van der Waals surface area contributed by atoms with Crippen LogP contribution in [0.4, 0.5) is 5.69 Å². The first kappa shape index (κ1) is 20.1. The fourth-order valence-corrected chi connectivity index (χ4v) is 3.14. The summed E-state index contributed by atoms with van der Waals surface area (Å²) in [5.74, 6) is 0.154. The molecular formula is C19H20Cl2N2O3. The van der Waals surface area contributed by atoms with Crippen LogP contribution in [0.1, 0.15) is 12.5 Å². The summed E-state index contributed by atoms with van der Waals surface area (Å²) in [6.07, 6.45) is 0.614. The second-order valence-corrected chi connectivity index (χ2v) is 6.40. The van der Waals surface area contributed by atoms with Gasteiger partial charge in [-0.3, -0.25) is 9.59 Å². The molecule has 0 aromatic heterocycles. The van der Waals surface area contributed by atoms with Gasteiger partial charge in [-0.1, -0.05) is 47.5 Å². The van der Waals surface area contributed by atoms with Crippen LogP contribution in [0.5, 0.6) is 5.75 Å². The molecule has 2 aromatic rings. The van der Waals surface area contributed by atoms with E-state index in [4.69, 9.17) is 27.9 Å². The minimum Gasteiger partial charge on any atom is -0.496 e. The van der Waals surface area contributed by atoms with Crippen molar-refractivity contribution < 1.29 is 14.3 Å². The van der Waals surface area contributed by atoms with Crippen molar-refractivity contribution in [1.82, 2.24) is 5.32 Å². The molecule has 0 bridgehead atoms. The fourth-order valence-electron chi connectivity index (χ4n) is 2.54. The molecule has 0 radical (unpaired) electrons. The predicted molar refractivity (Wildman–Crippen MR) is 104 cm³/mol. The first-order valence-electron chi connectivity index (χ1n) is 8.04. The fraction of sp³-hybridized carbons (Fsp3) is 0.263. The van der Waals surface area contributed by atoms with E-state index in [1.165, 1.54) is 11.8 Å². The molecule has 0 aliphatic rings. The van der Waals surface area contributed by atoms with Gasteiger partial charge in [-0.05, 0) is 30.2 Å². The number of nitrogens with one attached hydrogen (secondary N) is 1. The van der Waals surface area contributed by atoms with Crippen molar-refractivity contribution in [2.24, 2.45) is 0 Å². The summed E-state index contributed by atoms with van der Waals surface area (Å²) in [6.45, 7) is 1.62. The highest BCUT2D eigenvalue weighted by Crippen LogP contribution is 2.33. The molecule has 0 atom stereocenters. The minimum absolute atomic E-state index is 0.162. The molecule has 2 rings (SSSR count). The van der Waals surface area contributed by atoms with Gasteiger partial charge in [-0.25, -0.2) is 0 Å². The number of para-hydroxylation sites is 2. The van der Waals surface area contributed by atoms with E-state index in [9.17, 15) is 9.59 Å². The number of carbonyl (C=O) groups is 2. The lowest BCUT2D eigenvalue weighted by Crippen LogP contribution is -2.40. The molecule has 0 heterocycles. The number of halogens is 2. The highest BCUT2D eigenvalue weighted by molar-refractivity contribution is 6.40. The standard InChI is InChI=1S/C19H20Cl2N2O3/c1-13(24)23(19-15(20)7-5-8-16(19)21)12-18(25)22-11-10-14-6-3-4-9-17(14)26-2/h3-9H,10-12H2,1-2H3,(H,22,25). The maximum atomic E-state index is 12.3. The second kappa shape index (κ2) is 9.46. The number of carbonyl (C=O) groups excluding carboxylic acids is 2. The Morgan fingerprint density at radius 2 is 1.73 bits per heavy atom. The molecular weight excluding hydrogens is 375 g/mol. The van der Waals surface area contributed by atoms with Gasteiger partial charge in [0.25, 0.3) is 0 Å². The summed E-state index contributed by atoms with van der Waals surface area (Å²) < 4.78 is 5.29. The lowest BCUT2D eigenvalue weighted by molar-refractivity contribution is -0.123. The average molecular weight is 395 g/mol. The van der Waals surface area contributed by atoms with Crippen LogP contribution in [-0.2, 0) is 16.0 Å². The number of nitrogens with zero attached hydrogens (tertiary/aromatic N) is 1. The lowest BCUT2D eigenvalue weighted by Gasteiger charge is -2.23. The van der Waals surface area contributed by atoms with Crippen LogP contribution in [0.2, 0.25) is 10.0 Å². The van der Waals surface area contributed by atoms with Crippen LogP contribution in [0.25, 0.3) is 0 Å². The predicted octanol–water partition coefficient (Wildman–Crippen LogP) is 3.71. The number of benzene rings is 2. The van der Waals surface area contributed by atoms with Crippen molar-refractivity contribution >= 4 is 40.7 Å². The number of amides is 2. The summed E-state index contributed by atoms with van der Waals surface area (Å²) in [7, 11) is 1.61. The summed E-state index contributed by atoms with van der Waals surface area (Å²) in [6, 6.07) is 12.5. The van der Waals surface area contributed by atoms with Crippen molar-refractivity contribution in [2.45, 2.75) is 13.3 Å². The van der Waals surface area contributed by atoms with Gasteiger partial charge in [0.05, 0.1) is 22.8 Å². The summed E-state index contributed by atoms with van der Waals surface area (Å²) in [5.41, 5.74) is 1.33. The Balaban J connectivity index is 1.99. The molecule has 2 aromatic carbocycles. The zero-order chi connectivity index (χ0) is 19.1. The molecule has 0 fully saturated rings. The van der Waals surface area contributed by atoms with Crippen LogP contribution < -0.4 is 15.0 Å². The Kier molecular flexibility index (Phi) is 7.30. The molecule has 0 spiro atoms. The van der Waals surface area contributed by atoms with Gasteiger partial charge in [-0.15, -0.1) is 0 Å². The third-order valence-corrected chi connectivity index (χ3v) is 4.41. The molecule has 0 saturated carbocycles. The molecule has 0 saturated heterocycles. The smallest absolute Gasteiger partial charge is 0.240 e. The van der Waals surface area contributed by atoms with Gasteiger partial charge in [0.15, 0.2) is 0 Å². The Bertz CT molecular complexity index is 776. The Morgan fingerprint density at radius 3 is 2.35 bits per heavy atom. The number of anilines is 1. The van der Waals surface area contributed by atoms with Crippen LogP contribution in [-0.4, -0.2) is 32.0 Å². The molecule has 7 heteroatoms. The van der Waals surface area contributed by atoms with Crippen LogP contribution in [0, 0.1) is 0 Å². The van der Waals surface area contributed by atoms with Crippen molar-refractivity contribution in [2.75, 3.05) is 25.1 Å². The molecule has 0 aliphatic carbocycles. The third-order valence-electron chi connectivity index (χ3n) is 3.80. The lowest BCUT2D eigenvalue weighted by atomic mass is 10.1. The van der Waals surface area contributed by atoms with Crippen molar-refractivity contribution in [3.63, 3.8) is 0 Å². The largest absolute Gasteiger partial charge is 0.496 e. The van der Waals surface area contributed by atoms with E-state index in [1.807, 2.05) is 24.3 Å². The number of ether oxygens (including phenoxy) is 1. The van der Waals surface area contributed by atoms with Crippen molar-refractivity contribution in [3.8, 4) is 5.75 Å². The number of rotatable bonds is 7. The highest BCUT2D eigenvalue weighted by atomic mass is 35.5. The van der Waals surface area contributed by atoms with E-state index < -0.39 is 0 Å². The number of methoxy groups -OCH3 is 1. The zero-order valence-electron chi connectivity index (χ0n) is 14.6. The van der Waals surface area contributed by atoms with Crippen LogP contribution in [0.15, 0.2) is 42.5 Å². The minimum atomic E-state index is -0.320. The maximum Gasteiger partial charge on any atom is 0.240 e. The second-order valence-electron chi connectivity index (χ2n) is 5.59. The van der Waals surface area contributed by atoms with E-state index in [-0.39, 0.29) is 18.4 Å². The first-order valence-corrected chi connectivity index (χ1v) is 8.80. The molecule has 5 nitrogen and oxygen atoms in total. The molecule has 1 N–H and O–H groups in total. The molecule has 2 amide bonds. The normalized spacial score (nSPS) is 10.3. The van der Waals surface area contributed by atoms with Gasteiger partial charge >= 0.3 is 0 Å². The van der Waals surface area contributed by atoms with Gasteiger partial charge in [0, 0.05) is 13.5 Å². The number of hydrogen-bond donors (Lipinski definition) is 1. The summed E-state index contributed by atoms with van der Waals surface area (Å²) in [5, 5.41) is 3.43. The molecule has 26 heavy (non-hydrogen) atoms. The topological polar surface area (TPSA) is 58.6 Å². The SMILES string of the molecule is COc1ccccc1CCNC(=O)CN(C(C)=O)c1c(Cl)cccc1Cl. The highest BCUT2D eigenvalue weighted by Gasteiger charge is 2.20. The van der Waals surface area contributed by atoms with Gasteiger partial charge in [0.1, 0.15) is 12.3 Å². The molecule has 0 unspecified atom stereocenters. The van der Waals surface area contributed by atoms with Crippen LogP contribution >= 0.6 is 23.2 Å². The van der Waals surface area contributed by atoms with Gasteiger partial charge < -0.3 is 15.0 Å². The van der Waals surface area contributed by atoms with E-state index in [1.54, 1.807) is 25.3 Å². The van der Waals surface area contributed by atoms with Crippen LogP contribution in [0.3, 0.4) is 0 Å². The summed E-state index contributed by atoms with van der Waals surface area (Å²) >= 11 is 12.3. The Hall–Kier alpha value is -2.24. The Morgan fingerprint density at radius 1 is 1.08 bits per heavy atom. The maximum absolute atomic E-state index is 12.3.